The molecule has 1 unspecified atom stereocenters. The first kappa shape index (κ1) is 30.1. The molecule has 0 saturated carbocycles. The van der Waals surface area contributed by atoms with E-state index in [1.54, 1.807) is 30.3 Å². The number of piperidine rings is 1. The number of carbonyl (C=O) groups excluding carboxylic acids is 1. The molecule has 1 saturated heterocycles. The summed E-state index contributed by atoms with van der Waals surface area (Å²) in [7, 11) is -3.78. The van der Waals surface area contributed by atoms with Gasteiger partial charge in [-0.05, 0) is 82.0 Å². The number of carbonyl (C=O) groups is 1. The standard InChI is InChI=1S/C30H37N7O3S/c1-21(11-14-33-30(38)29-22(2)34-20-35-23(29)3)36-15-12-27(13-16-36)37(19-25-6-4-5-24(17-25)18-31)26-7-9-28(10-8-26)41(32,39)40/h4-10,17,20-21,27H,11-16,19H2,1-3H3,(H,33,38)(H2,32,39,40). The summed E-state index contributed by atoms with van der Waals surface area (Å²) in [5.41, 5.74) is 4.41. The molecule has 11 heteroatoms. The fourth-order valence-corrected chi connectivity index (χ4v) is 5.94. The number of nitrogens with zero attached hydrogens (tertiary/aromatic N) is 5. The van der Waals surface area contributed by atoms with Gasteiger partial charge in [-0.25, -0.2) is 23.5 Å². The number of sulfonamides is 1. The molecular weight excluding hydrogens is 538 g/mol. The van der Waals surface area contributed by atoms with Crippen LogP contribution in [0.15, 0.2) is 59.8 Å². The quantitative estimate of drug-likeness (QED) is 0.375. The van der Waals surface area contributed by atoms with Gasteiger partial charge >= 0.3 is 0 Å². The number of aromatic nitrogens is 2. The number of rotatable bonds is 10. The zero-order valence-electron chi connectivity index (χ0n) is 23.7. The fourth-order valence-electron chi connectivity index (χ4n) is 5.42. The number of primary sulfonamides is 1. The van der Waals surface area contributed by atoms with Gasteiger partial charge in [-0.15, -0.1) is 0 Å². The molecule has 4 rings (SSSR count). The van der Waals surface area contributed by atoms with Crippen LogP contribution in [0.4, 0.5) is 5.69 Å². The summed E-state index contributed by atoms with van der Waals surface area (Å²) in [5, 5.41) is 17.7. The topological polar surface area (TPSA) is 145 Å². The summed E-state index contributed by atoms with van der Waals surface area (Å²) in [5.74, 6) is -0.143. The summed E-state index contributed by atoms with van der Waals surface area (Å²) in [6, 6.07) is 17.0. The van der Waals surface area contributed by atoms with E-state index in [1.165, 1.54) is 6.33 Å². The average molecular weight is 576 g/mol. The van der Waals surface area contributed by atoms with E-state index in [0.29, 0.717) is 41.6 Å². The maximum atomic E-state index is 12.7. The van der Waals surface area contributed by atoms with Crippen molar-refractivity contribution in [1.82, 2.24) is 20.2 Å². The summed E-state index contributed by atoms with van der Waals surface area (Å²) in [6.45, 7) is 8.77. The van der Waals surface area contributed by atoms with Gasteiger partial charge in [0.15, 0.2) is 0 Å². The first-order valence-electron chi connectivity index (χ1n) is 13.8. The number of likely N-dealkylation sites (tertiary alicyclic amines) is 1. The predicted octanol–water partition coefficient (Wildman–Crippen LogP) is 3.29. The van der Waals surface area contributed by atoms with Gasteiger partial charge in [-0.1, -0.05) is 12.1 Å². The monoisotopic (exact) mass is 575 g/mol. The highest BCUT2D eigenvalue weighted by atomic mass is 32.2. The second kappa shape index (κ2) is 13.2. The van der Waals surface area contributed by atoms with Crippen molar-refractivity contribution in [3.63, 3.8) is 0 Å². The lowest BCUT2D eigenvalue weighted by Gasteiger charge is -2.42. The van der Waals surface area contributed by atoms with E-state index in [1.807, 2.05) is 32.0 Å². The van der Waals surface area contributed by atoms with Crippen molar-refractivity contribution in [2.75, 3.05) is 24.5 Å². The van der Waals surface area contributed by atoms with E-state index in [0.717, 1.165) is 43.6 Å². The Hall–Kier alpha value is -3.85. The smallest absolute Gasteiger partial charge is 0.254 e. The van der Waals surface area contributed by atoms with Gasteiger partial charge in [-0.2, -0.15) is 5.26 Å². The molecule has 3 N–H and O–H groups in total. The lowest BCUT2D eigenvalue weighted by Crippen LogP contribution is -2.48. The van der Waals surface area contributed by atoms with E-state index in [9.17, 15) is 18.5 Å². The van der Waals surface area contributed by atoms with Crippen molar-refractivity contribution in [2.24, 2.45) is 5.14 Å². The van der Waals surface area contributed by atoms with E-state index in [-0.39, 0.29) is 16.8 Å². The highest BCUT2D eigenvalue weighted by Gasteiger charge is 2.28. The van der Waals surface area contributed by atoms with Crippen LogP contribution < -0.4 is 15.4 Å². The summed E-state index contributed by atoms with van der Waals surface area (Å²) >= 11 is 0. The van der Waals surface area contributed by atoms with Crippen molar-refractivity contribution in [2.45, 2.75) is 63.6 Å². The van der Waals surface area contributed by atoms with Crippen LogP contribution in [0.25, 0.3) is 0 Å². The minimum atomic E-state index is -3.78. The van der Waals surface area contributed by atoms with E-state index < -0.39 is 10.0 Å². The van der Waals surface area contributed by atoms with Gasteiger partial charge in [-0.3, -0.25) is 4.79 Å². The maximum Gasteiger partial charge on any atom is 0.254 e. The Kier molecular flexibility index (Phi) is 9.70. The second-order valence-electron chi connectivity index (χ2n) is 10.6. The maximum absolute atomic E-state index is 12.7. The predicted molar refractivity (Wildman–Crippen MR) is 158 cm³/mol. The molecule has 1 aromatic heterocycles. The first-order valence-corrected chi connectivity index (χ1v) is 15.3. The Morgan fingerprint density at radius 2 is 1.80 bits per heavy atom. The molecule has 216 valence electrons. The van der Waals surface area contributed by atoms with Gasteiger partial charge in [0.25, 0.3) is 5.91 Å². The fraction of sp³-hybridized carbons (Fsp3) is 0.400. The van der Waals surface area contributed by atoms with Gasteiger partial charge in [0.05, 0.1) is 33.5 Å². The third-order valence-corrected chi connectivity index (χ3v) is 8.70. The van der Waals surface area contributed by atoms with Gasteiger partial charge in [0.1, 0.15) is 6.33 Å². The van der Waals surface area contributed by atoms with E-state index in [2.05, 4.69) is 38.1 Å². The Morgan fingerprint density at radius 3 is 2.41 bits per heavy atom. The molecule has 1 aliphatic rings. The van der Waals surface area contributed by atoms with Crippen molar-refractivity contribution < 1.29 is 13.2 Å². The van der Waals surface area contributed by atoms with Gasteiger partial charge < -0.3 is 15.1 Å². The molecule has 10 nitrogen and oxygen atoms in total. The number of nitrogens with one attached hydrogen (secondary N) is 1. The van der Waals surface area contributed by atoms with Crippen molar-refractivity contribution >= 4 is 21.6 Å². The molecule has 0 radical (unpaired) electrons. The van der Waals surface area contributed by atoms with Crippen molar-refractivity contribution in [1.29, 1.82) is 5.26 Å². The normalized spacial score (nSPS) is 15.2. The molecule has 2 aromatic carbocycles. The highest BCUT2D eigenvalue weighted by molar-refractivity contribution is 7.89. The molecule has 0 bridgehead atoms. The molecule has 1 amide bonds. The number of nitrogens with two attached hydrogens (primary N) is 1. The van der Waals surface area contributed by atoms with Gasteiger partial charge in [0.2, 0.25) is 10.0 Å². The lowest BCUT2D eigenvalue weighted by molar-refractivity contribution is 0.0943. The molecule has 3 aromatic rings. The number of nitriles is 1. The molecule has 2 heterocycles. The second-order valence-corrected chi connectivity index (χ2v) is 12.1. The van der Waals surface area contributed by atoms with E-state index >= 15 is 0 Å². The molecule has 41 heavy (non-hydrogen) atoms. The van der Waals surface area contributed by atoms with Crippen molar-refractivity contribution in [3.05, 3.63) is 82.9 Å². The van der Waals surface area contributed by atoms with Crippen LogP contribution in [0.3, 0.4) is 0 Å². The highest BCUT2D eigenvalue weighted by Crippen LogP contribution is 2.28. The van der Waals surface area contributed by atoms with Gasteiger partial charge in [0, 0.05) is 44.0 Å². The molecular formula is C30H37N7O3S. The molecule has 1 aliphatic heterocycles. The Morgan fingerprint density at radius 1 is 1.15 bits per heavy atom. The number of hydrogen-bond acceptors (Lipinski definition) is 8. The number of anilines is 1. The third kappa shape index (κ3) is 7.67. The Balaban J connectivity index is 1.39. The minimum Gasteiger partial charge on any atom is -0.364 e. The SMILES string of the molecule is Cc1ncnc(C)c1C(=O)NCCC(C)N1CCC(N(Cc2cccc(C#N)c2)c2ccc(S(N)(=O)=O)cc2)CC1. The molecule has 1 atom stereocenters. The number of amides is 1. The Labute approximate surface area is 242 Å². The first-order chi connectivity index (χ1) is 19.6. The molecule has 0 aliphatic carbocycles. The van der Waals surface area contributed by atoms with Crippen LogP contribution in [0.1, 0.15) is 59.1 Å². The van der Waals surface area contributed by atoms with E-state index in [4.69, 9.17) is 5.14 Å². The number of hydrogen-bond donors (Lipinski definition) is 2. The number of aryl methyl sites for hydroxylation is 2. The minimum absolute atomic E-state index is 0.0773. The van der Waals surface area contributed by atoms with Crippen LogP contribution in [-0.2, 0) is 16.6 Å². The third-order valence-electron chi connectivity index (χ3n) is 7.77. The number of benzene rings is 2. The van der Waals surface area contributed by atoms with Crippen LogP contribution in [-0.4, -0.2) is 60.9 Å². The van der Waals surface area contributed by atoms with Crippen molar-refractivity contribution in [3.8, 4) is 6.07 Å². The molecule has 0 spiro atoms. The summed E-state index contributed by atoms with van der Waals surface area (Å²) < 4.78 is 23.6. The Bertz CT molecular complexity index is 1490. The zero-order valence-corrected chi connectivity index (χ0v) is 24.6. The zero-order chi connectivity index (χ0) is 29.6. The van der Waals surface area contributed by atoms with Crippen LogP contribution in [0.2, 0.25) is 0 Å². The lowest BCUT2D eigenvalue weighted by atomic mass is 9.99. The van der Waals surface area contributed by atoms with Crippen LogP contribution in [0.5, 0.6) is 0 Å². The largest absolute Gasteiger partial charge is 0.364 e. The summed E-state index contributed by atoms with van der Waals surface area (Å²) in [6.07, 6.45) is 4.13. The molecule has 1 fully saturated rings. The van der Waals surface area contributed by atoms with Crippen LogP contribution >= 0.6 is 0 Å². The summed E-state index contributed by atoms with van der Waals surface area (Å²) in [4.78, 5) is 25.8. The van der Waals surface area contributed by atoms with Crippen LogP contribution in [0, 0.1) is 25.2 Å². The average Bonchev–Trinajstić information content (AvgIpc) is 2.95.